The molecular weight excluding hydrogens is 348 g/mol. The maximum Gasteiger partial charge on any atom is 0.348 e. The van der Waals surface area contributed by atoms with E-state index < -0.39 is 5.97 Å². The maximum atomic E-state index is 12.0. The Morgan fingerprint density at radius 2 is 1.73 bits per heavy atom. The van der Waals surface area contributed by atoms with E-state index in [0.29, 0.717) is 10.6 Å². The van der Waals surface area contributed by atoms with Gasteiger partial charge >= 0.3 is 5.97 Å². The largest absolute Gasteiger partial charge is 0.451 e. The molecule has 2 aromatic rings. The topological polar surface area (TPSA) is 58.6 Å². The monoisotopic (exact) mass is 372 g/mol. The zero-order chi connectivity index (χ0) is 18.4. The summed E-state index contributed by atoms with van der Waals surface area (Å²) in [4.78, 5) is 27.8. The number of carbonyl (C=O) groups excluding carboxylic acids is 2. The minimum Gasteiger partial charge on any atom is -0.451 e. The molecule has 0 atom stereocenters. The van der Waals surface area contributed by atoms with Crippen molar-refractivity contribution in [1.29, 1.82) is 0 Å². The van der Waals surface area contributed by atoms with E-state index >= 15 is 0 Å². The molecule has 1 aromatic heterocycles. The van der Waals surface area contributed by atoms with E-state index in [1.54, 1.807) is 6.07 Å². The molecule has 0 aliphatic carbocycles. The predicted molar refractivity (Wildman–Crippen MR) is 105 cm³/mol. The first-order valence-corrected chi connectivity index (χ1v) is 9.82. The summed E-state index contributed by atoms with van der Waals surface area (Å²) in [5.74, 6) is -0.802. The molecule has 1 aromatic carbocycles. The van der Waals surface area contributed by atoms with Crippen molar-refractivity contribution in [3.05, 3.63) is 46.2 Å². The third kappa shape index (κ3) is 5.08. The molecule has 1 amide bonds. The van der Waals surface area contributed by atoms with Crippen LogP contribution in [0.25, 0.3) is 0 Å². The number of ether oxygens (including phenoxy) is 1. The lowest BCUT2D eigenvalue weighted by Crippen LogP contribution is -2.24. The fourth-order valence-corrected chi connectivity index (χ4v) is 3.79. The second-order valence-corrected chi connectivity index (χ2v) is 7.77. The first kappa shape index (κ1) is 18.5. The molecule has 26 heavy (non-hydrogen) atoms. The summed E-state index contributed by atoms with van der Waals surface area (Å²) in [5.41, 5.74) is 1.89. The van der Waals surface area contributed by atoms with Crippen LogP contribution in [-0.2, 0) is 9.53 Å². The zero-order valence-corrected chi connectivity index (χ0v) is 15.8. The average molecular weight is 372 g/mol. The normalized spacial score (nSPS) is 14.6. The van der Waals surface area contributed by atoms with Gasteiger partial charge in [-0.3, -0.25) is 4.79 Å². The minimum atomic E-state index is -0.463. The van der Waals surface area contributed by atoms with Gasteiger partial charge in [-0.25, -0.2) is 4.79 Å². The highest BCUT2D eigenvalue weighted by atomic mass is 32.1. The summed E-state index contributed by atoms with van der Waals surface area (Å²) in [7, 11) is 0. The van der Waals surface area contributed by atoms with Gasteiger partial charge in [-0.15, -0.1) is 11.3 Å². The van der Waals surface area contributed by atoms with E-state index in [9.17, 15) is 9.59 Å². The number of nitrogens with one attached hydrogen (secondary N) is 1. The molecular formula is C20H24N2O3S. The van der Waals surface area contributed by atoms with E-state index in [0.717, 1.165) is 18.0 Å². The van der Waals surface area contributed by atoms with E-state index in [2.05, 4.69) is 10.2 Å². The Morgan fingerprint density at radius 3 is 2.35 bits per heavy atom. The lowest BCUT2D eigenvalue weighted by Gasteiger charge is -2.22. The highest BCUT2D eigenvalue weighted by Crippen LogP contribution is 2.21. The van der Waals surface area contributed by atoms with Crippen molar-refractivity contribution in [3.8, 4) is 0 Å². The number of anilines is 2. The van der Waals surface area contributed by atoms with Crippen LogP contribution in [0.4, 0.5) is 11.4 Å². The number of amides is 1. The lowest BCUT2D eigenvalue weighted by atomic mass is 10.2. The smallest absolute Gasteiger partial charge is 0.348 e. The van der Waals surface area contributed by atoms with Gasteiger partial charge in [0.25, 0.3) is 5.91 Å². The zero-order valence-electron chi connectivity index (χ0n) is 15.0. The Bertz CT molecular complexity index is 747. The second-order valence-electron chi connectivity index (χ2n) is 6.48. The Kier molecular flexibility index (Phi) is 6.28. The Morgan fingerprint density at radius 1 is 1.04 bits per heavy atom. The molecule has 1 saturated heterocycles. The average Bonchev–Trinajstić information content (AvgIpc) is 2.91. The van der Waals surface area contributed by atoms with E-state index in [1.807, 2.05) is 37.3 Å². The van der Waals surface area contributed by atoms with Crippen molar-refractivity contribution in [1.82, 2.24) is 0 Å². The van der Waals surface area contributed by atoms with Crippen LogP contribution in [0.3, 0.4) is 0 Å². The summed E-state index contributed by atoms with van der Waals surface area (Å²) in [6.45, 7) is 3.81. The first-order chi connectivity index (χ1) is 12.6. The molecule has 3 rings (SSSR count). The van der Waals surface area contributed by atoms with Crippen molar-refractivity contribution in [3.63, 3.8) is 0 Å². The molecule has 1 aliphatic rings. The van der Waals surface area contributed by atoms with Crippen LogP contribution in [0.2, 0.25) is 0 Å². The highest BCUT2D eigenvalue weighted by Gasteiger charge is 2.13. The standard InChI is InChI=1S/C20H24N2O3S/c1-15-6-11-18(26-15)20(24)25-14-19(23)21-16-7-9-17(10-8-16)22-12-4-2-3-5-13-22/h6-11H,2-5,12-14H2,1H3,(H,21,23). The van der Waals surface area contributed by atoms with Crippen LogP contribution in [0.1, 0.15) is 40.2 Å². The SMILES string of the molecule is Cc1ccc(C(=O)OCC(=O)Nc2ccc(N3CCCCCC3)cc2)s1. The second kappa shape index (κ2) is 8.85. The molecule has 0 radical (unpaired) electrons. The van der Waals surface area contributed by atoms with E-state index in [4.69, 9.17) is 4.74 Å². The van der Waals surface area contributed by atoms with Crippen molar-refractivity contribution in [2.24, 2.45) is 0 Å². The number of rotatable bonds is 5. The molecule has 1 N–H and O–H groups in total. The third-order valence-electron chi connectivity index (χ3n) is 4.40. The molecule has 6 heteroatoms. The fourth-order valence-electron chi connectivity index (χ4n) is 3.03. The van der Waals surface area contributed by atoms with Crippen LogP contribution in [0, 0.1) is 6.92 Å². The van der Waals surface area contributed by atoms with Gasteiger partial charge in [0.05, 0.1) is 0 Å². The Hall–Kier alpha value is -2.34. The van der Waals surface area contributed by atoms with Crippen LogP contribution < -0.4 is 10.2 Å². The van der Waals surface area contributed by atoms with Crippen LogP contribution in [0.5, 0.6) is 0 Å². The molecule has 0 saturated carbocycles. The van der Waals surface area contributed by atoms with Gasteiger partial charge in [-0.1, -0.05) is 12.8 Å². The summed E-state index contributed by atoms with van der Waals surface area (Å²) in [5, 5.41) is 2.77. The van der Waals surface area contributed by atoms with Gasteiger partial charge < -0.3 is 15.0 Å². The van der Waals surface area contributed by atoms with Gasteiger partial charge in [-0.05, 0) is 56.2 Å². The molecule has 0 unspecified atom stereocenters. The van der Waals surface area contributed by atoms with E-state index in [1.165, 1.54) is 42.7 Å². The summed E-state index contributed by atoms with van der Waals surface area (Å²) < 4.78 is 5.06. The summed E-state index contributed by atoms with van der Waals surface area (Å²) in [6, 6.07) is 11.4. The lowest BCUT2D eigenvalue weighted by molar-refractivity contribution is -0.119. The molecule has 0 bridgehead atoms. The number of carbonyl (C=O) groups is 2. The number of hydrogen-bond acceptors (Lipinski definition) is 5. The predicted octanol–water partition coefficient (Wildman–Crippen LogP) is 4.23. The van der Waals surface area contributed by atoms with E-state index in [-0.39, 0.29) is 12.5 Å². The summed E-state index contributed by atoms with van der Waals surface area (Å²) >= 11 is 1.36. The quantitative estimate of drug-likeness (QED) is 0.798. The number of nitrogens with zero attached hydrogens (tertiary/aromatic N) is 1. The Balaban J connectivity index is 1.48. The highest BCUT2D eigenvalue weighted by molar-refractivity contribution is 7.13. The van der Waals surface area contributed by atoms with Crippen molar-refractivity contribution in [2.45, 2.75) is 32.6 Å². The number of aryl methyl sites for hydroxylation is 1. The molecule has 138 valence electrons. The van der Waals surface area contributed by atoms with Gasteiger partial charge in [-0.2, -0.15) is 0 Å². The number of thiophene rings is 1. The molecule has 5 nitrogen and oxygen atoms in total. The van der Waals surface area contributed by atoms with Crippen molar-refractivity contribution < 1.29 is 14.3 Å². The van der Waals surface area contributed by atoms with Crippen molar-refractivity contribution in [2.75, 3.05) is 29.9 Å². The van der Waals surface area contributed by atoms with Gasteiger partial charge in [0.1, 0.15) is 4.88 Å². The molecule has 1 fully saturated rings. The summed E-state index contributed by atoms with van der Waals surface area (Å²) in [6.07, 6.45) is 5.06. The third-order valence-corrected chi connectivity index (χ3v) is 5.38. The minimum absolute atomic E-state index is 0.288. The number of esters is 1. The first-order valence-electron chi connectivity index (χ1n) is 9.00. The maximum absolute atomic E-state index is 12.0. The van der Waals surface area contributed by atoms with Gasteiger partial charge in [0.2, 0.25) is 0 Å². The molecule has 1 aliphatic heterocycles. The van der Waals surface area contributed by atoms with Gasteiger partial charge in [0, 0.05) is 29.3 Å². The Labute approximate surface area is 158 Å². The van der Waals surface area contributed by atoms with Crippen LogP contribution in [-0.4, -0.2) is 31.6 Å². The van der Waals surface area contributed by atoms with Crippen LogP contribution >= 0.6 is 11.3 Å². The number of hydrogen-bond donors (Lipinski definition) is 1. The van der Waals surface area contributed by atoms with Crippen LogP contribution in [0.15, 0.2) is 36.4 Å². The fraction of sp³-hybridized carbons (Fsp3) is 0.400. The van der Waals surface area contributed by atoms with Crippen molar-refractivity contribution >= 4 is 34.6 Å². The van der Waals surface area contributed by atoms with Gasteiger partial charge in [0.15, 0.2) is 6.61 Å². The number of benzene rings is 1. The molecule has 2 heterocycles. The molecule has 0 spiro atoms.